The van der Waals surface area contributed by atoms with Crippen molar-refractivity contribution in [3.8, 4) is 17.2 Å². The lowest BCUT2D eigenvalue weighted by molar-refractivity contribution is 0.415. The molecule has 0 N–H and O–H groups in total. The molecule has 0 unspecified atom stereocenters. The molecule has 0 aliphatic heterocycles. The van der Waals surface area contributed by atoms with Crippen LogP contribution < -0.4 is 4.74 Å². The molecule has 0 aliphatic carbocycles. The van der Waals surface area contributed by atoms with Gasteiger partial charge in [0.15, 0.2) is 0 Å². The lowest BCUT2D eigenvalue weighted by atomic mass is 10.3. The van der Waals surface area contributed by atoms with Crippen molar-refractivity contribution in [1.82, 2.24) is 0 Å². The number of benzene rings is 1. The Morgan fingerprint density at radius 3 is 2.31 bits per heavy atom. The maximum Gasteiger partial charge on any atom is 0.129 e. The summed E-state index contributed by atoms with van der Waals surface area (Å²) in [4.78, 5) is 4.25. The standard InChI is InChI=1S/C13H17NOSi/c1-15-13-8-6-12(7-9-13)14-10-5-11-16(2,3)4/h6-10H,1-4H3. The first-order valence-electron chi connectivity index (χ1n) is 5.20. The summed E-state index contributed by atoms with van der Waals surface area (Å²) in [6.07, 6.45) is 1.67. The minimum Gasteiger partial charge on any atom is -0.497 e. The van der Waals surface area contributed by atoms with Gasteiger partial charge in [-0.2, -0.15) is 0 Å². The fraction of sp³-hybridized carbons (Fsp3) is 0.308. The lowest BCUT2D eigenvalue weighted by Crippen LogP contribution is -2.16. The van der Waals surface area contributed by atoms with Gasteiger partial charge in [0.1, 0.15) is 13.8 Å². The Balaban J connectivity index is 2.65. The van der Waals surface area contributed by atoms with Gasteiger partial charge in [-0.25, -0.2) is 4.99 Å². The van der Waals surface area contributed by atoms with E-state index in [-0.39, 0.29) is 0 Å². The van der Waals surface area contributed by atoms with Gasteiger partial charge in [-0.1, -0.05) is 25.6 Å². The molecule has 0 bridgehead atoms. The van der Waals surface area contributed by atoms with Crippen LogP contribution in [0.25, 0.3) is 0 Å². The molecule has 0 fully saturated rings. The van der Waals surface area contributed by atoms with Crippen molar-refractivity contribution < 1.29 is 4.74 Å². The molecule has 1 aromatic carbocycles. The van der Waals surface area contributed by atoms with Crippen LogP contribution in [-0.2, 0) is 0 Å². The largest absolute Gasteiger partial charge is 0.497 e. The van der Waals surface area contributed by atoms with Crippen molar-refractivity contribution in [2.45, 2.75) is 19.6 Å². The molecule has 0 heterocycles. The Kier molecular flexibility index (Phi) is 4.33. The number of hydrogen-bond donors (Lipinski definition) is 0. The second kappa shape index (κ2) is 5.52. The van der Waals surface area contributed by atoms with Gasteiger partial charge in [-0.15, -0.1) is 5.54 Å². The zero-order valence-corrected chi connectivity index (χ0v) is 11.2. The summed E-state index contributed by atoms with van der Waals surface area (Å²) in [7, 11) is 0.368. The summed E-state index contributed by atoms with van der Waals surface area (Å²) >= 11 is 0. The zero-order valence-electron chi connectivity index (χ0n) is 10.2. The van der Waals surface area contributed by atoms with E-state index in [0.29, 0.717) is 0 Å². The molecule has 3 heteroatoms. The average molecular weight is 231 g/mol. The first-order valence-corrected chi connectivity index (χ1v) is 8.70. The normalized spacial score (nSPS) is 11.0. The van der Waals surface area contributed by atoms with Gasteiger partial charge in [0.25, 0.3) is 0 Å². The molecule has 0 saturated carbocycles. The van der Waals surface area contributed by atoms with E-state index in [2.05, 4.69) is 36.1 Å². The van der Waals surface area contributed by atoms with Crippen molar-refractivity contribution in [2.75, 3.05) is 7.11 Å². The highest BCUT2D eigenvalue weighted by molar-refractivity contribution is 6.84. The fourth-order valence-corrected chi connectivity index (χ4v) is 1.52. The smallest absolute Gasteiger partial charge is 0.129 e. The maximum absolute atomic E-state index is 5.07. The fourth-order valence-electron chi connectivity index (χ4n) is 1.02. The van der Waals surface area contributed by atoms with Crippen LogP contribution in [0.5, 0.6) is 5.75 Å². The molecule has 0 saturated heterocycles. The van der Waals surface area contributed by atoms with Crippen LogP contribution in [0.4, 0.5) is 5.69 Å². The van der Waals surface area contributed by atoms with Gasteiger partial charge in [-0.3, -0.25) is 0 Å². The van der Waals surface area contributed by atoms with Crippen molar-refractivity contribution in [1.29, 1.82) is 0 Å². The molecular weight excluding hydrogens is 214 g/mol. The van der Waals surface area contributed by atoms with Crippen molar-refractivity contribution >= 4 is 20.0 Å². The predicted molar refractivity (Wildman–Crippen MR) is 72.3 cm³/mol. The third kappa shape index (κ3) is 4.81. The molecule has 0 aromatic heterocycles. The summed E-state index contributed by atoms with van der Waals surface area (Å²) in [5, 5.41) is 0. The van der Waals surface area contributed by atoms with E-state index in [9.17, 15) is 0 Å². The minimum atomic E-state index is -1.28. The molecule has 1 rings (SSSR count). The van der Waals surface area contributed by atoms with Crippen LogP contribution in [-0.4, -0.2) is 21.4 Å². The highest BCUT2D eigenvalue weighted by atomic mass is 28.3. The van der Waals surface area contributed by atoms with Crippen molar-refractivity contribution in [2.24, 2.45) is 4.99 Å². The minimum absolute atomic E-state index is 0.840. The van der Waals surface area contributed by atoms with Gasteiger partial charge in [-0.05, 0) is 24.3 Å². The van der Waals surface area contributed by atoms with E-state index in [1.165, 1.54) is 0 Å². The number of methoxy groups -OCH3 is 1. The number of aliphatic imine (C=N–C) groups is 1. The molecule has 0 radical (unpaired) electrons. The number of ether oxygens (including phenoxy) is 1. The van der Waals surface area contributed by atoms with Gasteiger partial charge in [0, 0.05) is 0 Å². The Morgan fingerprint density at radius 2 is 1.81 bits per heavy atom. The Bertz CT molecular complexity index is 418. The molecule has 0 atom stereocenters. The molecule has 84 valence electrons. The van der Waals surface area contributed by atoms with E-state index in [1.54, 1.807) is 13.3 Å². The maximum atomic E-state index is 5.07. The molecule has 0 aliphatic rings. The topological polar surface area (TPSA) is 21.6 Å². The Morgan fingerprint density at radius 1 is 1.19 bits per heavy atom. The van der Waals surface area contributed by atoms with Crippen LogP contribution in [0, 0.1) is 11.5 Å². The average Bonchev–Trinajstić information content (AvgIpc) is 2.24. The molecule has 0 spiro atoms. The highest BCUT2D eigenvalue weighted by Crippen LogP contribution is 2.16. The van der Waals surface area contributed by atoms with Gasteiger partial charge in [0.05, 0.1) is 19.0 Å². The molecule has 0 amide bonds. The van der Waals surface area contributed by atoms with Crippen LogP contribution in [0.15, 0.2) is 29.3 Å². The molecule has 1 aromatic rings. The van der Waals surface area contributed by atoms with E-state index >= 15 is 0 Å². The molecule has 2 nitrogen and oxygen atoms in total. The van der Waals surface area contributed by atoms with E-state index in [0.717, 1.165) is 11.4 Å². The van der Waals surface area contributed by atoms with Crippen LogP contribution in [0.3, 0.4) is 0 Å². The van der Waals surface area contributed by atoms with Crippen LogP contribution in [0.2, 0.25) is 19.6 Å². The van der Waals surface area contributed by atoms with Crippen LogP contribution in [0.1, 0.15) is 0 Å². The summed E-state index contributed by atoms with van der Waals surface area (Å²) in [5.74, 6) is 3.83. The molecule has 16 heavy (non-hydrogen) atoms. The highest BCUT2D eigenvalue weighted by Gasteiger charge is 2.06. The van der Waals surface area contributed by atoms with Crippen LogP contribution >= 0.6 is 0 Å². The Hall–Kier alpha value is -1.53. The zero-order chi connectivity index (χ0) is 12.0. The van der Waals surface area contributed by atoms with E-state index in [1.807, 2.05) is 24.3 Å². The quantitative estimate of drug-likeness (QED) is 0.435. The third-order valence-corrected chi connectivity index (χ3v) is 2.69. The lowest BCUT2D eigenvalue weighted by Gasteiger charge is -2.02. The molecular formula is C13H17NOSi. The summed E-state index contributed by atoms with van der Waals surface area (Å²) in [5.41, 5.74) is 4.12. The second-order valence-corrected chi connectivity index (χ2v) is 9.23. The summed E-state index contributed by atoms with van der Waals surface area (Å²) < 4.78 is 5.07. The first kappa shape index (κ1) is 12.5. The van der Waals surface area contributed by atoms with E-state index < -0.39 is 8.07 Å². The monoisotopic (exact) mass is 231 g/mol. The SMILES string of the molecule is COc1ccc(N=CC#C[Si](C)(C)C)cc1. The van der Waals surface area contributed by atoms with Crippen molar-refractivity contribution in [3.05, 3.63) is 24.3 Å². The van der Waals surface area contributed by atoms with E-state index in [4.69, 9.17) is 4.74 Å². The van der Waals surface area contributed by atoms with Crippen molar-refractivity contribution in [3.63, 3.8) is 0 Å². The number of nitrogens with zero attached hydrogens (tertiary/aromatic N) is 1. The Labute approximate surface area is 98.4 Å². The van der Waals surface area contributed by atoms with Gasteiger partial charge in [0.2, 0.25) is 0 Å². The predicted octanol–water partition coefficient (Wildman–Crippen LogP) is 3.28. The summed E-state index contributed by atoms with van der Waals surface area (Å²) in [6.45, 7) is 6.63. The van der Waals surface area contributed by atoms with Gasteiger partial charge < -0.3 is 4.74 Å². The number of hydrogen-bond acceptors (Lipinski definition) is 2. The third-order valence-electron chi connectivity index (χ3n) is 1.80. The second-order valence-electron chi connectivity index (χ2n) is 4.48. The summed E-state index contributed by atoms with van der Waals surface area (Å²) in [6, 6.07) is 7.59. The van der Waals surface area contributed by atoms with Gasteiger partial charge >= 0.3 is 0 Å². The number of rotatable bonds is 2. The first-order chi connectivity index (χ1) is 7.51.